The lowest BCUT2D eigenvalue weighted by Crippen LogP contribution is -2.35. The third-order valence-corrected chi connectivity index (χ3v) is 2.51. The zero-order valence-corrected chi connectivity index (χ0v) is 9.23. The number of piperidine rings is 1. The summed E-state index contributed by atoms with van der Waals surface area (Å²) in [5, 5.41) is 3.25. The van der Waals surface area contributed by atoms with Crippen LogP contribution in [0.4, 0.5) is 0 Å². The van der Waals surface area contributed by atoms with Gasteiger partial charge >= 0.3 is 5.97 Å². The monoisotopic (exact) mass is 221 g/mol. The van der Waals surface area contributed by atoms with E-state index in [0.29, 0.717) is 0 Å². The number of ether oxygens (including phenoxy) is 1. The van der Waals surface area contributed by atoms with Crippen LogP contribution in [-0.4, -0.2) is 25.2 Å². The number of rotatable bonds is 2. The highest BCUT2D eigenvalue weighted by Gasteiger charge is 2.21. The first-order chi connectivity index (χ1) is 7.75. The Kier molecular flexibility index (Phi) is 3.41. The Balaban J connectivity index is 2.12. The van der Waals surface area contributed by atoms with Crippen molar-refractivity contribution in [1.82, 2.24) is 5.32 Å². The van der Waals surface area contributed by atoms with Gasteiger partial charge in [0.2, 0.25) is 0 Å². The minimum Gasteiger partial charge on any atom is -0.465 e. The Labute approximate surface area is 94.3 Å². The first-order valence-electron chi connectivity index (χ1n) is 5.37. The molecule has 1 saturated heterocycles. The van der Waals surface area contributed by atoms with Gasteiger partial charge in [-0.05, 0) is 30.3 Å². The van der Waals surface area contributed by atoms with Gasteiger partial charge in [-0.1, -0.05) is 0 Å². The molecule has 4 heteroatoms. The average molecular weight is 221 g/mol. The van der Waals surface area contributed by atoms with E-state index in [1.165, 1.54) is 6.92 Å². The van der Waals surface area contributed by atoms with Crippen molar-refractivity contribution in [3.05, 3.63) is 29.7 Å². The van der Waals surface area contributed by atoms with E-state index in [4.69, 9.17) is 9.15 Å². The van der Waals surface area contributed by atoms with E-state index in [-0.39, 0.29) is 12.1 Å². The molecule has 1 fully saturated rings. The summed E-state index contributed by atoms with van der Waals surface area (Å²) in [6.45, 7) is 3.04. The van der Waals surface area contributed by atoms with Crippen molar-refractivity contribution in [2.75, 3.05) is 13.1 Å². The van der Waals surface area contributed by atoms with Crippen LogP contribution in [0.1, 0.15) is 19.1 Å². The highest BCUT2D eigenvalue weighted by molar-refractivity contribution is 5.67. The summed E-state index contributed by atoms with van der Waals surface area (Å²) in [5.74, 6) is 0.549. The van der Waals surface area contributed by atoms with Crippen molar-refractivity contribution >= 4 is 12.0 Å². The molecule has 2 heterocycles. The first kappa shape index (κ1) is 11.0. The molecule has 0 spiro atoms. The highest BCUT2D eigenvalue weighted by atomic mass is 16.5. The summed E-state index contributed by atoms with van der Waals surface area (Å²) in [6, 6.07) is 3.72. The fourth-order valence-corrected chi connectivity index (χ4v) is 1.80. The predicted molar refractivity (Wildman–Crippen MR) is 59.7 cm³/mol. The van der Waals surface area contributed by atoms with Gasteiger partial charge < -0.3 is 14.5 Å². The molecule has 4 nitrogen and oxygen atoms in total. The maximum absolute atomic E-state index is 11.0. The molecule has 1 aromatic heterocycles. The second-order valence-corrected chi connectivity index (χ2v) is 3.80. The lowest BCUT2D eigenvalue weighted by Gasteiger charge is -2.25. The quantitative estimate of drug-likeness (QED) is 0.770. The van der Waals surface area contributed by atoms with Gasteiger partial charge in [0.25, 0.3) is 0 Å². The van der Waals surface area contributed by atoms with Gasteiger partial charge in [0, 0.05) is 19.9 Å². The molecule has 0 aromatic carbocycles. The molecule has 0 aliphatic carbocycles. The maximum Gasteiger partial charge on any atom is 0.303 e. The van der Waals surface area contributed by atoms with Crippen LogP contribution >= 0.6 is 0 Å². The van der Waals surface area contributed by atoms with E-state index < -0.39 is 0 Å². The molecule has 1 aliphatic rings. The molecule has 1 atom stereocenters. The molecule has 1 aromatic rings. The molecule has 1 N–H and O–H groups in total. The summed E-state index contributed by atoms with van der Waals surface area (Å²) < 4.78 is 10.5. The molecule has 86 valence electrons. The minimum absolute atomic E-state index is 0.121. The van der Waals surface area contributed by atoms with Crippen molar-refractivity contribution < 1.29 is 13.9 Å². The first-order valence-corrected chi connectivity index (χ1v) is 5.37. The van der Waals surface area contributed by atoms with E-state index >= 15 is 0 Å². The van der Waals surface area contributed by atoms with Crippen LogP contribution in [0.3, 0.4) is 0 Å². The molecular weight excluding hydrogens is 206 g/mol. The Morgan fingerprint density at radius 2 is 2.56 bits per heavy atom. The van der Waals surface area contributed by atoms with Gasteiger partial charge in [0.15, 0.2) is 0 Å². The van der Waals surface area contributed by atoms with Gasteiger partial charge in [-0.2, -0.15) is 0 Å². The third kappa shape index (κ3) is 2.73. The van der Waals surface area contributed by atoms with Crippen LogP contribution in [0.5, 0.6) is 0 Å². The number of carbonyl (C=O) groups excluding carboxylic acids is 1. The van der Waals surface area contributed by atoms with Crippen molar-refractivity contribution in [3.8, 4) is 0 Å². The lowest BCUT2D eigenvalue weighted by molar-refractivity contribution is -0.145. The molecular formula is C12H15NO3. The molecule has 0 radical (unpaired) electrons. The second-order valence-electron chi connectivity index (χ2n) is 3.80. The summed E-state index contributed by atoms with van der Waals surface area (Å²) in [4.78, 5) is 11.0. The maximum atomic E-state index is 11.0. The number of hydrogen-bond acceptors (Lipinski definition) is 4. The number of esters is 1. The SMILES string of the molecule is CC(=O)OC1CCNCC1=Cc1ccco1. The smallest absolute Gasteiger partial charge is 0.303 e. The Hall–Kier alpha value is -1.55. The molecule has 0 amide bonds. The number of furan rings is 1. The average Bonchev–Trinajstić information content (AvgIpc) is 2.73. The summed E-state index contributed by atoms with van der Waals surface area (Å²) >= 11 is 0. The summed E-state index contributed by atoms with van der Waals surface area (Å²) in [5.41, 5.74) is 1.05. The van der Waals surface area contributed by atoms with E-state index in [0.717, 1.165) is 30.8 Å². The molecule has 1 aliphatic heterocycles. The fourth-order valence-electron chi connectivity index (χ4n) is 1.80. The standard InChI is InChI=1S/C12H15NO3/c1-9(14)16-12-4-5-13-8-10(12)7-11-3-2-6-15-11/h2-3,6-7,12-13H,4-5,8H2,1H3. The normalized spacial score (nSPS) is 23.3. The minimum atomic E-state index is -0.239. The van der Waals surface area contributed by atoms with Gasteiger partial charge in [0.1, 0.15) is 11.9 Å². The largest absolute Gasteiger partial charge is 0.465 e. The zero-order valence-electron chi connectivity index (χ0n) is 9.23. The van der Waals surface area contributed by atoms with Crippen LogP contribution in [0.2, 0.25) is 0 Å². The van der Waals surface area contributed by atoms with Crippen LogP contribution in [0.15, 0.2) is 28.4 Å². The van der Waals surface area contributed by atoms with E-state index in [1.54, 1.807) is 6.26 Å². The van der Waals surface area contributed by atoms with Crippen LogP contribution < -0.4 is 5.32 Å². The van der Waals surface area contributed by atoms with Crippen molar-refractivity contribution in [1.29, 1.82) is 0 Å². The van der Waals surface area contributed by atoms with Gasteiger partial charge in [-0.3, -0.25) is 4.79 Å². The highest BCUT2D eigenvalue weighted by Crippen LogP contribution is 2.18. The van der Waals surface area contributed by atoms with Crippen LogP contribution in [0, 0.1) is 0 Å². The molecule has 1 unspecified atom stereocenters. The van der Waals surface area contributed by atoms with Gasteiger partial charge in [-0.15, -0.1) is 0 Å². The summed E-state index contributed by atoms with van der Waals surface area (Å²) in [6.07, 6.45) is 4.25. The predicted octanol–water partition coefficient (Wildman–Crippen LogP) is 1.59. The Bertz CT molecular complexity index is 381. The van der Waals surface area contributed by atoms with Crippen molar-refractivity contribution in [2.45, 2.75) is 19.4 Å². The van der Waals surface area contributed by atoms with Gasteiger partial charge in [0.05, 0.1) is 6.26 Å². The molecule has 2 rings (SSSR count). The van der Waals surface area contributed by atoms with E-state index in [1.807, 2.05) is 18.2 Å². The molecule has 0 saturated carbocycles. The Morgan fingerprint density at radius 1 is 1.69 bits per heavy atom. The van der Waals surface area contributed by atoms with Gasteiger partial charge in [-0.25, -0.2) is 0 Å². The van der Waals surface area contributed by atoms with Crippen molar-refractivity contribution in [2.24, 2.45) is 0 Å². The van der Waals surface area contributed by atoms with Crippen LogP contribution in [0.25, 0.3) is 6.08 Å². The number of hydrogen-bond donors (Lipinski definition) is 1. The molecule has 16 heavy (non-hydrogen) atoms. The number of carbonyl (C=O) groups is 1. The number of nitrogens with one attached hydrogen (secondary N) is 1. The molecule has 0 bridgehead atoms. The van der Waals surface area contributed by atoms with Crippen molar-refractivity contribution in [3.63, 3.8) is 0 Å². The second kappa shape index (κ2) is 4.99. The zero-order chi connectivity index (χ0) is 11.4. The topological polar surface area (TPSA) is 51.5 Å². The summed E-state index contributed by atoms with van der Waals surface area (Å²) in [7, 11) is 0. The lowest BCUT2D eigenvalue weighted by atomic mass is 10.0. The van der Waals surface area contributed by atoms with Crippen LogP contribution in [-0.2, 0) is 9.53 Å². The Morgan fingerprint density at radius 3 is 3.25 bits per heavy atom. The third-order valence-electron chi connectivity index (χ3n) is 2.51. The van der Waals surface area contributed by atoms with E-state index in [2.05, 4.69) is 5.32 Å². The van der Waals surface area contributed by atoms with E-state index in [9.17, 15) is 4.79 Å². The fraction of sp³-hybridized carbons (Fsp3) is 0.417.